The number of carbonyl (C=O) groups is 1. The monoisotopic (exact) mass is 310 g/mol. The summed E-state index contributed by atoms with van der Waals surface area (Å²) >= 11 is 0. The lowest BCUT2D eigenvalue weighted by Gasteiger charge is -2.35. The number of anilines is 1. The fourth-order valence-corrected chi connectivity index (χ4v) is 2.72. The first-order chi connectivity index (χ1) is 11.1. The van der Waals surface area contributed by atoms with E-state index in [0.29, 0.717) is 24.3 Å². The highest BCUT2D eigenvalue weighted by molar-refractivity contribution is 5.93. The molecule has 2 aromatic rings. The number of aromatic nitrogens is 3. The van der Waals surface area contributed by atoms with E-state index in [9.17, 15) is 4.79 Å². The van der Waals surface area contributed by atoms with Crippen molar-refractivity contribution < 1.29 is 4.79 Å². The molecule has 1 amide bonds. The first kappa shape index (κ1) is 15.0. The Morgan fingerprint density at radius 3 is 2.65 bits per heavy atom. The van der Waals surface area contributed by atoms with Gasteiger partial charge in [-0.25, -0.2) is 9.97 Å². The second kappa shape index (κ2) is 6.08. The number of nitrogens with one attached hydrogen (secondary N) is 1. The predicted molar refractivity (Wildman–Crippen MR) is 85.1 cm³/mol. The minimum absolute atomic E-state index is 0.0678. The molecule has 0 atom stereocenters. The van der Waals surface area contributed by atoms with Crippen molar-refractivity contribution >= 4 is 11.7 Å². The fraction of sp³-hybridized carbons (Fsp3) is 0.375. The molecule has 7 nitrogen and oxygen atoms in total. The second-order valence-electron chi connectivity index (χ2n) is 5.60. The molecule has 0 aliphatic carbocycles. The number of nitriles is 1. The van der Waals surface area contributed by atoms with Gasteiger partial charge in [0.1, 0.15) is 23.9 Å². The molecule has 0 unspecified atom stereocenters. The Bertz CT molecular complexity index is 767. The van der Waals surface area contributed by atoms with Crippen LogP contribution in [-0.2, 0) is 0 Å². The van der Waals surface area contributed by atoms with E-state index in [4.69, 9.17) is 5.26 Å². The van der Waals surface area contributed by atoms with Gasteiger partial charge in [-0.1, -0.05) is 0 Å². The molecule has 0 aromatic carbocycles. The molecule has 1 aliphatic heterocycles. The lowest BCUT2D eigenvalue weighted by atomic mass is 10.2. The maximum Gasteiger partial charge on any atom is 0.270 e. The number of hydrogen-bond acceptors (Lipinski definition) is 5. The number of aromatic amines is 1. The van der Waals surface area contributed by atoms with Gasteiger partial charge in [0.25, 0.3) is 5.91 Å². The summed E-state index contributed by atoms with van der Waals surface area (Å²) < 4.78 is 0. The molecule has 3 rings (SSSR count). The normalized spacial score (nSPS) is 14.7. The third-order valence-electron chi connectivity index (χ3n) is 4.22. The predicted octanol–water partition coefficient (Wildman–Crippen LogP) is 1.26. The van der Waals surface area contributed by atoms with Gasteiger partial charge < -0.3 is 14.8 Å². The molecule has 1 saturated heterocycles. The van der Waals surface area contributed by atoms with Gasteiger partial charge >= 0.3 is 0 Å². The van der Waals surface area contributed by atoms with Crippen molar-refractivity contribution in [3.63, 3.8) is 0 Å². The summed E-state index contributed by atoms with van der Waals surface area (Å²) in [5, 5.41) is 8.84. The molecule has 7 heteroatoms. The molecule has 1 aliphatic rings. The Morgan fingerprint density at radius 1 is 1.26 bits per heavy atom. The van der Waals surface area contributed by atoms with E-state index in [0.717, 1.165) is 30.2 Å². The third-order valence-corrected chi connectivity index (χ3v) is 4.22. The number of H-pyrrole nitrogens is 1. The van der Waals surface area contributed by atoms with Gasteiger partial charge in [0.2, 0.25) is 0 Å². The zero-order valence-corrected chi connectivity index (χ0v) is 13.2. The van der Waals surface area contributed by atoms with Crippen molar-refractivity contribution in [3.05, 3.63) is 41.1 Å². The molecule has 0 bridgehead atoms. The summed E-state index contributed by atoms with van der Waals surface area (Å²) in [5.41, 5.74) is 2.99. The van der Waals surface area contributed by atoms with Crippen LogP contribution in [0.3, 0.4) is 0 Å². The summed E-state index contributed by atoms with van der Waals surface area (Å²) in [6.45, 7) is 6.71. The maximum absolute atomic E-state index is 12.4. The molecule has 1 N–H and O–H groups in total. The number of hydrogen-bond donors (Lipinski definition) is 1. The topological polar surface area (TPSA) is 88.9 Å². The van der Waals surface area contributed by atoms with Crippen LogP contribution in [-0.4, -0.2) is 51.9 Å². The van der Waals surface area contributed by atoms with Crippen molar-refractivity contribution in [2.75, 3.05) is 31.1 Å². The minimum Gasteiger partial charge on any atom is -0.356 e. The van der Waals surface area contributed by atoms with E-state index in [1.165, 1.54) is 0 Å². The zero-order valence-electron chi connectivity index (χ0n) is 13.2. The average Bonchev–Trinajstić information content (AvgIpc) is 3.06. The van der Waals surface area contributed by atoms with E-state index in [1.807, 2.05) is 19.9 Å². The SMILES string of the molecule is Cc1ncnc(N2CCN(C(=O)c3cc(C#N)c[nH]3)CC2)c1C. The van der Waals surface area contributed by atoms with E-state index >= 15 is 0 Å². The molecule has 118 valence electrons. The Morgan fingerprint density at radius 2 is 2.00 bits per heavy atom. The van der Waals surface area contributed by atoms with Gasteiger partial charge in [0, 0.05) is 43.6 Å². The van der Waals surface area contributed by atoms with Crippen LogP contribution in [0.25, 0.3) is 0 Å². The fourth-order valence-electron chi connectivity index (χ4n) is 2.72. The summed E-state index contributed by atoms with van der Waals surface area (Å²) in [4.78, 5) is 27.9. The largest absolute Gasteiger partial charge is 0.356 e. The molecular formula is C16H18N6O. The van der Waals surface area contributed by atoms with Gasteiger partial charge in [-0.05, 0) is 19.9 Å². The first-order valence-corrected chi connectivity index (χ1v) is 7.51. The molecular weight excluding hydrogens is 292 g/mol. The highest BCUT2D eigenvalue weighted by Gasteiger charge is 2.24. The Labute approximate surface area is 134 Å². The van der Waals surface area contributed by atoms with Crippen LogP contribution in [0.2, 0.25) is 0 Å². The summed E-state index contributed by atoms with van der Waals surface area (Å²) in [7, 11) is 0. The van der Waals surface area contributed by atoms with Crippen molar-refractivity contribution in [2.24, 2.45) is 0 Å². The van der Waals surface area contributed by atoms with Crippen LogP contribution in [0.5, 0.6) is 0 Å². The summed E-state index contributed by atoms with van der Waals surface area (Å²) in [6.07, 6.45) is 3.13. The van der Waals surface area contributed by atoms with Crippen LogP contribution < -0.4 is 4.90 Å². The minimum atomic E-state index is -0.0678. The van der Waals surface area contributed by atoms with Crippen molar-refractivity contribution in [2.45, 2.75) is 13.8 Å². The first-order valence-electron chi connectivity index (χ1n) is 7.51. The average molecular weight is 310 g/mol. The van der Waals surface area contributed by atoms with Gasteiger partial charge in [-0.2, -0.15) is 5.26 Å². The van der Waals surface area contributed by atoms with Gasteiger partial charge in [-0.3, -0.25) is 4.79 Å². The van der Waals surface area contributed by atoms with Gasteiger partial charge in [0.05, 0.1) is 5.56 Å². The molecule has 3 heterocycles. The number of rotatable bonds is 2. The number of carbonyl (C=O) groups excluding carboxylic acids is 1. The van der Waals surface area contributed by atoms with E-state index in [2.05, 4.69) is 19.9 Å². The standard InChI is InChI=1S/C16H18N6O/c1-11-12(2)19-10-20-15(11)21-3-5-22(6-4-21)16(23)14-7-13(8-17)9-18-14/h7,9-10,18H,3-6H2,1-2H3. The quantitative estimate of drug-likeness (QED) is 0.902. The number of nitrogens with zero attached hydrogens (tertiary/aromatic N) is 5. The van der Waals surface area contributed by atoms with E-state index in [-0.39, 0.29) is 5.91 Å². The van der Waals surface area contributed by atoms with Crippen molar-refractivity contribution in [1.82, 2.24) is 19.9 Å². The van der Waals surface area contributed by atoms with Crippen molar-refractivity contribution in [1.29, 1.82) is 5.26 Å². The Kier molecular flexibility index (Phi) is 3.98. The van der Waals surface area contributed by atoms with Crippen LogP contribution in [0.1, 0.15) is 27.3 Å². The Hall–Kier alpha value is -2.88. The van der Waals surface area contributed by atoms with Crippen LogP contribution in [0.4, 0.5) is 5.82 Å². The van der Waals surface area contributed by atoms with E-state index < -0.39 is 0 Å². The van der Waals surface area contributed by atoms with Gasteiger partial charge in [0.15, 0.2) is 0 Å². The number of amides is 1. The molecule has 0 saturated carbocycles. The maximum atomic E-state index is 12.4. The smallest absolute Gasteiger partial charge is 0.270 e. The highest BCUT2D eigenvalue weighted by atomic mass is 16.2. The summed E-state index contributed by atoms with van der Waals surface area (Å²) in [5.74, 6) is 0.873. The Balaban J connectivity index is 1.67. The number of piperazine rings is 1. The van der Waals surface area contributed by atoms with Crippen LogP contribution in [0, 0.1) is 25.2 Å². The van der Waals surface area contributed by atoms with Crippen LogP contribution in [0.15, 0.2) is 18.6 Å². The van der Waals surface area contributed by atoms with Gasteiger partial charge in [-0.15, -0.1) is 0 Å². The van der Waals surface area contributed by atoms with Crippen molar-refractivity contribution in [3.8, 4) is 6.07 Å². The molecule has 1 fully saturated rings. The molecule has 23 heavy (non-hydrogen) atoms. The number of aryl methyl sites for hydroxylation is 1. The molecule has 0 spiro atoms. The molecule has 0 radical (unpaired) electrons. The highest BCUT2D eigenvalue weighted by Crippen LogP contribution is 2.20. The second-order valence-corrected chi connectivity index (χ2v) is 5.60. The van der Waals surface area contributed by atoms with E-state index in [1.54, 1.807) is 23.5 Å². The zero-order chi connectivity index (χ0) is 16.4. The molecule has 2 aromatic heterocycles. The lowest BCUT2D eigenvalue weighted by molar-refractivity contribution is 0.0741. The lowest BCUT2D eigenvalue weighted by Crippen LogP contribution is -2.49. The third kappa shape index (κ3) is 2.88. The van der Waals surface area contributed by atoms with Crippen LogP contribution >= 0.6 is 0 Å². The summed E-state index contributed by atoms with van der Waals surface area (Å²) in [6, 6.07) is 3.61.